The number of nitrogens with zero attached hydrogens (tertiary/aromatic N) is 2. The summed E-state index contributed by atoms with van der Waals surface area (Å²) < 4.78 is 38.5. The fourth-order valence-corrected chi connectivity index (χ4v) is 4.06. The Kier molecular flexibility index (Phi) is 8.70. The maximum absolute atomic E-state index is 13.8. The molecule has 1 heterocycles. The first-order chi connectivity index (χ1) is 15.5. The van der Waals surface area contributed by atoms with E-state index in [4.69, 9.17) is 9.47 Å². The van der Waals surface area contributed by atoms with Crippen molar-refractivity contribution in [2.45, 2.75) is 32.4 Å². The minimum absolute atomic E-state index is 0.00484. The molecule has 32 heavy (non-hydrogen) atoms. The highest BCUT2D eigenvalue weighted by Gasteiger charge is 2.36. The number of benzene rings is 2. The first-order valence-corrected chi connectivity index (χ1v) is 10.7. The highest BCUT2D eigenvalue weighted by Crippen LogP contribution is 2.26. The Balaban J connectivity index is 1.97. The molecule has 0 bridgehead atoms. The van der Waals surface area contributed by atoms with E-state index < -0.39 is 17.7 Å². The number of halogens is 2. The van der Waals surface area contributed by atoms with Gasteiger partial charge in [0.1, 0.15) is 23.4 Å². The summed E-state index contributed by atoms with van der Waals surface area (Å²) in [5.41, 5.74) is 1.11. The van der Waals surface area contributed by atoms with Crippen LogP contribution in [-0.4, -0.2) is 54.2 Å². The molecule has 1 unspecified atom stereocenters. The van der Waals surface area contributed by atoms with Crippen molar-refractivity contribution in [1.82, 2.24) is 4.90 Å². The van der Waals surface area contributed by atoms with Crippen LogP contribution < -0.4 is 0 Å². The van der Waals surface area contributed by atoms with E-state index in [1.165, 1.54) is 0 Å². The molecule has 0 aliphatic carbocycles. The fourth-order valence-electron chi connectivity index (χ4n) is 4.06. The smallest absolute Gasteiger partial charge is 0.323 e. The number of carbonyl (C=O) groups excluding carboxylic acids is 1. The third-order valence-electron chi connectivity index (χ3n) is 5.53. The molecule has 0 saturated carbocycles. The molecule has 0 aromatic heterocycles. The zero-order chi connectivity index (χ0) is 22.9. The van der Waals surface area contributed by atoms with Gasteiger partial charge in [-0.3, -0.25) is 9.69 Å². The second kappa shape index (κ2) is 11.7. The minimum Gasteiger partial charge on any atom is -0.465 e. The summed E-state index contributed by atoms with van der Waals surface area (Å²) in [6.07, 6.45) is 1.35. The van der Waals surface area contributed by atoms with Crippen molar-refractivity contribution in [3.05, 3.63) is 71.3 Å². The van der Waals surface area contributed by atoms with Crippen molar-refractivity contribution in [1.29, 1.82) is 0 Å². The van der Waals surface area contributed by atoms with Crippen LogP contribution in [0, 0.1) is 17.6 Å². The molecule has 1 fully saturated rings. The monoisotopic (exact) mass is 446 g/mol. The number of rotatable bonds is 9. The summed E-state index contributed by atoms with van der Waals surface area (Å²) in [5, 5.41) is 13.0. The Labute approximate surface area is 186 Å². The molecule has 1 aliphatic heterocycles. The topological polar surface area (TPSA) is 71.4 Å². The van der Waals surface area contributed by atoms with Crippen LogP contribution in [0.2, 0.25) is 0 Å². The maximum Gasteiger partial charge on any atom is 0.323 e. The third-order valence-corrected chi connectivity index (χ3v) is 5.53. The predicted octanol–water partition coefficient (Wildman–Crippen LogP) is 4.00. The second-order valence-corrected chi connectivity index (χ2v) is 7.74. The van der Waals surface area contributed by atoms with Gasteiger partial charge in [-0.1, -0.05) is 35.5 Å². The Hall–Kier alpha value is -2.84. The molecule has 1 atom stereocenters. The lowest BCUT2D eigenvalue weighted by molar-refractivity contribution is -0.153. The number of esters is 1. The van der Waals surface area contributed by atoms with Gasteiger partial charge in [0.25, 0.3) is 0 Å². The Bertz CT molecular complexity index is 897. The molecular formula is C24H28F2N2O4. The van der Waals surface area contributed by atoms with Gasteiger partial charge in [-0.15, -0.1) is 0 Å². The molecule has 8 heteroatoms. The summed E-state index contributed by atoms with van der Waals surface area (Å²) >= 11 is 0. The van der Waals surface area contributed by atoms with E-state index in [9.17, 15) is 18.8 Å². The lowest BCUT2D eigenvalue weighted by Crippen LogP contribution is -2.50. The SMILES string of the molecule is CCOC(=O)C(C1CCOCC1)N(C/C(=N\O)c1cc(F)cc(F)c1)Cc1ccccc1. The molecule has 3 rings (SSSR count). The summed E-state index contributed by atoms with van der Waals surface area (Å²) in [7, 11) is 0. The first kappa shape index (κ1) is 23.8. The van der Waals surface area contributed by atoms with Gasteiger partial charge in [-0.05, 0) is 43.4 Å². The van der Waals surface area contributed by atoms with Crippen LogP contribution in [0.5, 0.6) is 0 Å². The van der Waals surface area contributed by atoms with Crippen LogP contribution in [0.3, 0.4) is 0 Å². The Morgan fingerprint density at radius 2 is 1.84 bits per heavy atom. The number of carbonyl (C=O) groups is 1. The maximum atomic E-state index is 13.8. The molecule has 2 aromatic carbocycles. The van der Waals surface area contributed by atoms with Crippen molar-refractivity contribution in [2.24, 2.45) is 11.1 Å². The van der Waals surface area contributed by atoms with Crippen molar-refractivity contribution in [3.63, 3.8) is 0 Å². The van der Waals surface area contributed by atoms with E-state index in [1.807, 2.05) is 35.2 Å². The van der Waals surface area contributed by atoms with E-state index in [2.05, 4.69) is 5.16 Å². The van der Waals surface area contributed by atoms with Gasteiger partial charge in [0.15, 0.2) is 0 Å². The molecule has 172 valence electrons. The summed E-state index contributed by atoms with van der Waals surface area (Å²) in [5.74, 6) is -1.96. The first-order valence-electron chi connectivity index (χ1n) is 10.7. The third kappa shape index (κ3) is 6.34. The van der Waals surface area contributed by atoms with Crippen molar-refractivity contribution >= 4 is 11.7 Å². The van der Waals surface area contributed by atoms with Crippen molar-refractivity contribution in [2.75, 3.05) is 26.4 Å². The molecule has 0 radical (unpaired) electrons. The number of ether oxygens (including phenoxy) is 2. The molecule has 0 spiro atoms. The van der Waals surface area contributed by atoms with E-state index in [0.717, 1.165) is 23.8 Å². The zero-order valence-corrected chi connectivity index (χ0v) is 18.0. The average Bonchev–Trinajstić information content (AvgIpc) is 2.78. The van der Waals surface area contributed by atoms with E-state index in [-0.39, 0.29) is 36.3 Å². The zero-order valence-electron chi connectivity index (χ0n) is 18.0. The molecule has 1 N–H and O–H groups in total. The van der Waals surface area contributed by atoms with Gasteiger partial charge in [0.2, 0.25) is 0 Å². The summed E-state index contributed by atoms with van der Waals surface area (Å²) in [6, 6.07) is 11.9. The standard InChI is InChI=1S/C24H28F2N2O4/c1-2-32-24(29)23(18-8-10-31-11-9-18)28(15-17-6-4-3-5-7-17)16-22(27-30)19-12-20(25)14-21(26)13-19/h3-7,12-14,18,23,30H,2,8-11,15-16H2,1H3/b27-22+. The molecular weight excluding hydrogens is 418 g/mol. The van der Waals surface area contributed by atoms with Gasteiger partial charge in [-0.2, -0.15) is 0 Å². The van der Waals surface area contributed by atoms with Crippen LogP contribution >= 0.6 is 0 Å². The normalized spacial score (nSPS) is 16.2. The largest absolute Gasteiger partial charge is 0.465 e. The van der Waals surface area contributed by atoms with Crippen LogP contribution in [0.1, 0.15) is 30.9 Å². The highest BCUT2D eigenvalue weighted by atomic mass is 19.1. The summed E-state index contributed by atoms with van der Waals surface area (Å²) in [6.45, 7) is 3.41. The van der Waals surface area contributed by atoms with Gasteiger partial charge < -0.3 is 14.7 Å². The van der Waals surface area contributed by atoms with E-state index in [1.54, 1.807) is 6.92 Å². The van der Waals surface area contributed by atoms with Gasteiger partial charge in [0.05, 0.1) is 6.61 Å². The van der Waals surface area contributed by atoms with Crippen molar-refractivity contribution in [3.8, 4) is 0 Å². The van der Waals surface area contributed by atoms with Crippen molar-refractivity contribution < 1.29 is 28.3 Å². The Morgan fingerprint density at radius 3 is 2.44 bits per heavy atom. The molecule has 6 nitrogen and oxygen atoms in total. The van der Waals surface area contributed by atoms with E-state index >= 15 is 0 Å². The highest BCUT2D eigenvalue weighted by molar-refractivity contribution is 6.02. The van der Waals surface area contributed by atoms with Gasteiger partial charge >= 0.3 is 5.97 Å². The van der Waals surface area contributed by atoms with Crippen LogP contribution in [-0.2, 0) is 20.8 Å². The fraction of sp³-hybridized carbons (Fsp3) is 0.417. The van der Waals surface area contributed by atoms with Gasteiger partial charge in [-0.25, -0.2) is 8.78 Å². The molecule has 1 aliphatic rings. The number of hydrogen-bond acceptors (Lipinski definition) is 6. The summed E-state index contributed by atoms with van der Waals surface area (Å²) in [4.78, 5) is 14.9. The second-order valence-electron chi connectivity index (χ2n) is 7.74. The van der Waals surface area contributed by atoms with Crippen LogP contribution in [0.4, 0.5) is 8.78 Å². The Morgan fingerprint density at radius 1 is 1.19 bits per heavy atom. The molecule has 0 amide bonds. The number of oxime groups is 1. The van der Waals surface area contributed by atoms with Crippen LogP contribution in [0.25, 0.3) is 0 Å². The quantitative estimate of drug-likeness (QED) is 0.273. The van der Waals surface area contributed by atoms with E-state index in [0.29, 0.717) is 32.6 Å². The lowest BCUT2D eigenvalue weighted by Gasteiger charge is -2.37. The lowest BCUT2D eigenvalue weighted by atomic mass is 9.89. The predicted molar refractivity (Wildman–Crippen MR) is 115 cm³/mol. The van der Waals surface area contributed by atoms with Gasteiger partial charge in [0, 0.05) is 37.9 Å². The average molecular weight is 446 g/mol. The molecule has 2 aromatic rings. The number of hydrogen-bond donors (Lipinski definition) is 1. The minimum atomic E-state index is -0.776. The van der Waals surface area contributed by atoms with Crippen LogP contribution in [0.15, 0.2) is 53.7 Å². The molecule has 1 saturated heterocycles.